The SMILES string of the molecule is [O-][O+]1c2ccccc2Nc2ccccc21. The Bertz CT molecular complexity index is 465. The molecule has 0 saturated heterocycles. The second-order valence-corrected chi connectivity index (χ2v) is 3.39. The molecule has 2 aromatic carbocycles. The summed E-state index contributed by atoms with van der Waals surface area (Å²) in [5.74, 6) is 1.16. The first-order valence-electron chi connectivity index (χ1n) is 4.73. The maximum atomic E-state index is 11.9. The van der Waals surface area contributed by atoms with Crippen molar-refractivity contribution < 1.29 is 9.78 Å². The Balaban J connectivity index is 2.20. The molecule has 1 aliphatic rings. The maximum absolute atomic E-state index is 11.9. The highest BCUT2D eigenvalue weighted by Gasteiger charge is 2.24. The van der Waals surface area contributed by atoms with Gasteiger partial charge in [-0.15, -0.1) is 0 Å². The Morgan fingerprint density at radius 1 is 0.800 bits per heavy atom. The van der Waals surface area contributed by atoms with Crippen LogP contribution in [-0.2, 0) is 0 Å². The summed E-state index contributed by atoms with van der Waals surface area (Å²) in [4.78, 5) is 0. The molecule has 0 atom stereocenters. The van der Waals surface area contributed by atoms with Crippen LogP contribution in [0.3, 0.4) is 0 Å². The van der Waals surface area contributed by atoms with Crippen molar-refractivity contribution in [1.29, 1.82) is 0 Å². The molecular weight excluding hydrogens is 190 g/mol. The largest absolute Gasteiger partial charge is 0.526 e. The van der Waals surface area contributed by atoms with Crippen molar-refractivity contribution >= 4 is 11.4 Å². The first-order valence-corrected chi connectivity index (χ1v) is 4.73. The van der Waals surface area contributed by atoms with Crippen LogP contribution in [0.2, 0.25) is 0 Å². The molecule has 0 aromatic heterocycles. The van der Waals surface area contributed by atoms with E-state index >= 15 is 0 Å². The fourth-order valence-electron chi connectivity index (χ4n) is 1.73. The molecule has 3 heteroatoms. The highest BCUT2D eigenvalue weighted by atomic mass is 17.2. The van der Waals surface area contributed by atoms with Crippen LogP contribution in [0.15, 0.2) is 48.5 Å². The van der Waals surface area contributed by atoms with Crippen LogP contribution in [0, 0.1) is 0 Å². The van der Waals surface area contributed by atoms with Gasteiger partial charge in [0.15, 0.2) is 0 Å². The van der Waals surface area contributed by atoms with E-state index in [9.17, 15) is 5.26 Å². The third kappa shape index (κ3) is 1.17. The van der Waals surface area contributed by atoms with Crippen molar-refractivity contribution in [1.82, 2.24) is 0 Å². The van der Waals surface area contributed by atoms with Gasteiger partial charge in [-0.05, 0) is 12.1 Å². The van der Waals surface area contributed by atoms with Crippen LogP contribution in [0.25, 0.3) is 0 Å². The van der Waals surface area contributed by atoms with Crippen LogP contribution in [-0.4, -0.2) is 0 Å². The summed E-state index contributed by atoms with van der Waals surface area (Å²) in [6.45, 7) is 0. The lowest BCUT2D eigenvalue weighted by Crippen LogP contribution is -2.30. The van der Waals surface area contributed by atoms with Gasteiger partial charge in [0.25, 0.3) is 11.5 Å². The van der Waals surface area contributed by atoms with Gasteiger partial charge in [0.05, 0.1) is 0 Å². The minimum atomic E-state index is 0.580. The molecule has 0 radical (unpaired) electrons. The summed E-state index contributed by atoms with van der Waals surface area (Å²) < 4.78 is 1.82. The number of hydrogen-bond donors (Lipinski definition) is 1. The lowest BCUT2D eigenvalue weighted by atomic mass is 10.2. The van der Waals surface area contributed by atoms with Crippen molar-refractivity contribution in [3.63, 3.8) is 0 Å². The molecule has 3 nitrogen and oxygen atoms in total. The molecule has 0 spiro atoms. The summed E-state index contributed by atoms with van der Waals surface area (Å²) >= 11 is 0. The molecule has 0 fully saturated rings. The molecule has 0 bridgehead atoms. The normalized spacial score (nSPS) is 12.7. The predicted octanol–water partition coefficient (Wildman–Crippen LogP) is 2.35. The van der Waals surface area contributed by atoms with Crippen LogP contribution >= 0.6 is 0 Å². The summed E-state index contributed by atoms with van der Waals surface area (Å²) in [5, 5.41) is 15.1. The highest BCUT2D eigenvalue weighted by molar-refractivity contribution is 5.75. The molecule has 0 unspecified atom stereocenters. The second-order valence-electron chi connectivity index (χ2n) is 3.39. The number of anilines is 2. The smallest absolute Gasteiger partial charge is 0.295 e. The van der Waals surface area contributed by atoms with Gasteiger partial charge >= 0.3 is 0 Å². The Morgan fingerprint density at radius 3 is 1.80 bits per heavy atom. The van der Waals surface area contributed by atoms with Crippen LogP contribution in [0.1, 0.15) is 0 Å². The topological polar surface area (TPSA) is 37.8 Å². The fraction of sp³-hybridized carbons (Fsp3) is 0. The van der Waals surface area contributed by atoms with Crippen molar-refractivity contribution in [3.05, 3.63) is 48.5 Å². The van der Waals surface area contributed by atoms with Gasteiger partial charge in [0.1, 0.15) is 11.4 Å². The molecule has 2 aromatic rings. The molecular formula is C12H9NO2. The summed E-state index contributed by atoms with van der Waals surface area (Å²) in [6.07, 6.45) is 0. The molecule has 1 heterocycles. The minimum Gasteiger partial charge on any atom is -0.526 e. The van der Waals surface area contributed by atoms with Crippen molar-refractivity contribution in [2.24, 2.45) is 0 Å². The average molecular weight is 199 g/mol. The monoisotopic (exact) mass is 199 g/mol. The molecule has 0 amide bonds. The Morgan fingerprint density at radius 2 is 1.27 bits per heavy atom. The quantitative estimate of drug-likeness (QED) is 0.522. The lowest BCUT2D eigenvalue weighted by Gasteiger charge is -2.31. The van der Waals surface area contributed by atoms with Crippen molar-refractivity contribution in [2.45, 2.75) is 0 Å². The predicted molar refractivity (Wildman–Crippen MR) is 56.2 cm³/mol. The van der Waals surface area contributed by atoms with Crippen LogP contribution in [0.5, 0.6) is 11.5 Å². The van der Waals surface area contributed by atoms with E-state index in [0.29, 0.717) is 11.5 Å². The van der Waals surface area contributed by atoms with E-state index in [2.05, 4.69) is 5.32 Å². The number of benzene rings is 2. The van der Waals surface area contributed by atoms with Gasteiger partial charge in [-0.2, -0.15) is 0 Å². The zero-order valence-corrected chi connectivity index (χ0v) is 7.94. The third-order valence-corrected chi connectivity index (χ3v) is 2.44. The standard InChI is InChI=1S/C12H9NO2/c14-15-11-7-3-1-5-9(11)13-10-6-2-4-8-12(10)15/h1-8,13H. The average Bonchev–Trinajstić information content (AvgIpc) is 2.30. The number of fused-ring (bicyclic) bond motifs is 2. The number of hydrogen-bond acceptors (Lipinski definition) is 2. The Labute approximate surface area is 87.2 Å². The van der Waals surface area contributed by atoms with E-state index in [-0.39, 0.29) is 0 Å². The molecule has 3 rings (SSSR count). The first-order chi connectivity index (χ1) is 7.36. The van der Waals surface area contributed by atoms with E-state index < -0.39 is 0 Å². The van der Waals surface area contributed by atoms with Gasteiger partial charge in [-0.3, -0.25) is 0 Å². The van der Waals surface area contributed by atoms with E-state index in [4.69, 9.17) is 0 Å². The molecule has 15 heavy (non-hydrogen) atoms. The number of para-hydroxylation sites is 4. The minimum absolute atomic E-state index is 0.580. The number of rotatable bonds is 0. The van der Waals surface area contributed by atoms with Gasteiger partial charge in [0.2, 0.25) is 0 Å². The summed E-state index contributed by atoms with van der Waals surface area (Å²) in [6, 6.07) is 14.8. The summed E-state index contributed by atoms with van der Waals surface area (Å²) in [5.41, 5.74) is 1.63. The van der Waals surface area contributed by atoms with E-state index in [0.717, 1.165) is 11.4 Å². The van der Waals surface area contributed by atoms with E-state index in [1.807, 2.05) is 40.9 Å². The lowest BCUT2D eigenvalue weighted by molar-refractivity contribution is -0.706. The third-order valence-electron chi connectivity index (χ3n) is 2.44. The molecule has 74 valence electrons. The molecule has 1 aliphatic heterocycles. The van der Waals surface area contributed by atoms with Crippen molar-refractivity contribution in [2.75, 3.05) is 5.32 Å². The highest BCUT2D eigenvalue weighted by Crippen LogP contribution is 2.43. The van der Waals surface area contributed by atoms with Crippen molar-refractivity contribution in [3.8, 4) is 11.5 Å². The molecule has 1 N–H and O–H groups in total. The van der Waals surface area contributed by atoms with Crippen LogP contribution < -0.4 is 15.1 Å². The Hall–Kier alpha value is -2.00. The first kappa shape index (κ1) is 8.32. The van der Waals surface area contributed by atoms with Gasteiger partial charge in [-0.25, -0.2) is 0 Å². The second kappa shape index (κ2) is 3.00. The zero-order valence-electron chi connectivity index (χ0n) is 7.94. The zero-order chi connectivity index (χ0) is 10.3. The molecule has 0 saturated carbocycles. The Kier molecular flexibility index (Phi) is 1.66. The van der Waals surface area contributed by atoms with Gasteiger partial charge in [0, 0.05) is 12.1 Å². The maximum Gasteiger partial charge on any atom is 0.295 e. The van der Waals surface area contributed by atoms with Crippen LogP contribution in [0.4, 0.5) is 11.4 Å². The van der Waals surface area contributed by atoms with Gasteiger partial charge in [-0.1, -0.05) is 24.3 Å². The van der Waals surface area contributed by atoms with Gasteiger partial charge < -0.3 is 15.1 Å². The fourth-order valence-corrected chi connectivity index (χ4v) is 1.73. The van der Waals surface area contributed by atoms with E-state index in [1.54, 1.807) is 12.1 Å². The molecule has 0 aliphatic carbocycles. The van der Waals surface area contributed by atoms with E-state index in [1.165, 1.54) is 0 Å². The summed E-state index contributed by atoms with van der Waals surface area (Å²) in [7, 11) is 0. The number of nitrogens with one attached hydrogen (secondary N) is 1.